The predicted octanol–water partition coefficient (Wildman–Crippen LogP) is 5.32. The summed E-state index contributed by atoms with van der Waals surface area (Å²) < 4.78 is 42.1. The molecule has 4 rings (SSSR count). The summed E-state index contributed by atoms with van der Waals surface area (Å²) >= 11 is 5.88. The molecule has 0 fully saturated rings. The van der Waals surface area contributed by atoms with Crippen molar-refractivity contribution in [3.8, 4) is 6.07 Å². The van der Waals surface area contributed by atoms with Crippen molar-refractivity contribution in [1.29, 1.82) is 5.26 Å². The van der Waals surface area contributed by atoms with Gasteiger partial charge in [-0.1, -0.05) is 23.7 Å². The van der Waals surface area contributed by atoms with Gasteiger partial charge in [-0.05, 0) is 42.0 Å². The number of anilines is 2. The van der Waals surface area contributed by atoms with Crippen LogP contribution in [0.3, 0.4) is 0 Å². The van der Waals surface area contributed by atoms with E-state index in [-0.39, 0.29) is 17.9 Å². The molecule has 2 unspecified atom stereocenters. The second kappa shape index (κ2) is 7.96. The highest BCUT2D eigenvalue weighted by molar-refractivity contribution is 6.30. The van der Waals surface area contributed by atoms with Crippen molar-refractivity contribution in [2.75, 3.05) is 10.6 Å². The Labute approximate surface area is 180 Å². The zero-order valence-electron chi connectivity index (χ0n) is 15.8. The molecule has 2 N–H and O–H groups in total. The summed E-state index contributed by atoms with van der Waals surface area (Å²) in [4.78, 5) is 12.6. The molecular formula is C21H15ClF3N5O. The minimum absolute atomic E-state index is 0.0958. The van der Waals surface area contributed by atoms with Crippen molar-refractivity contribution < 1.29 is 18.0 Å². The molecule has 0 saturated carbocycles. The first-order chi connectivity index (χ1) is 14.7. The number of nitriles is 1. The second-order valence-electron chi connectivity index (χ2n) is 7.04. The number of hydrogen-bond donors (Lipinski definition) is 2. The molecule has 2 heterocycles. The average Bonchev–Trinajstić information content (AvgIpc) is 3.17. The summed E-state index contributed by atoms with van der Waals surface area (Å²) in [5, 5.41) is 18.8. The highest BCUT2D eigenvalue weighted by Crippen LogP contribution is 2.43. The number of halogens is 4. The van der Waals surface area contributed by atoms with Gasteiger partial charge in [-0.3, -0.25) is 4.79 Å². The van der Waals surface area contributed by atoms with Crippen LogP contribution in [-0.4, -0.2) is 21.9 Å². The Hall–Kier alpha value is -3.51. The molecule has 0 radical (unpaired) electrons. The summed E-state index contributed by atoms with van der Waals surface area (Å²) in [6.45, 7) is 0. The van der Waals surface area contributed by atoms with E-state index in [0.717, 1.165) is 4.68 Å². The first-order valence-corrected chi connectivity index (χ1v) is 9.62. The van der Waals surface area contributed by atoms with Crippen molar-refractivity contribution in [3.05, 3.63) is 76.4 Å². The Balaban J connectivity index is 1.62. The number of carbonyl (C=O) groups excluding carboxylic acids is 1. The van der Waals surface area contributed by atoms with Gasteiger partial charge in [0.1, 0.15) is 5.82 Å². The van der Waals surface area contributed by atoms with Gasteiger partial charge >= 0.3 is 6.18 Å². The Kier molecular flexibility index (Phi) is 5.33. The SMILES string of the molecule is N#Cc1ccc(NC(=O)c2cc3n(n2)C(C(F)(F)F)CC(c2ccc(Cl)cc2)N3)cc1. The number of hydrogen-bond acceptors (Lipinski definition) is 4. The van der Waals surface area contributed by atoms with E-state index in [4.69, 9.17) is 16.9 Å². The molecule has 158 valence electrons. The summed E-state index contributed by atoms with van der Waals surface area (Å²) in [5.74, 6) is -0.559. The standard InChI is InChI=1S/C21H15ClF3N5O/c22-14-5-3-13(4-6-14)16-9-18(21(23,24)25)30-19(28-16)10-17(29-30)20(31)27-15-7-1-12(11-26)2-8-15/h1-8,10,16,18,28H,9H2,(H,27,31). The average molecular weight is 446 g/mol. The Bertz CT molecular complexity index is 1150. The van der Waals surface area contributed by atoms with Crippen molar-refractivity contribution in [2.24, 2.45) is 0 Å². The molecule has 31 heavy (non-hydrogen) atoms. The van der Waals surface area contributed by atoms with E-state index in [1.807, 2.05) is 6.07 Å². The first-order valence-electron chi connectivity index (χ1n) is 9.24. The van der Waals surface area contributed by atoms with E-state index < -0.39 is 24.2 Å². The fourth-order valence-electron chi connectivity index (χ4n) is 3.42. The van der Waals surface area contributed by atoms with Crippen LogP contribution in [0.1, 0.15) is 40.1 Å². The number of benzene rings is 2. The number of fused-ring (bicyclic) bond motifs is 1. The molecule has 3 aromatic rings. The van der Waals surface area contributed by atoms with Crippen LogP contribution in [0.2, 0.25) is 5.02 Å². The zero-order valence-corrected chi connectivity index (χ0v) is 16.6. The van der Waals surface area contributed by atoms with Crippen LogP contribution < -0.4 is 10.6 Å². The van der Waals surface area contributed by atoms with Crippen LogP contribution in [-0.2, 0) is 0 Å². The van der Waals surface area contributed by atoms with Crippen molar-refractivity contribution in [2.45, 2.75) is 24.7 Å². The largest absolute Gasteiger partial charge is 0.410 e. The lowest BCUT2D eigenvalue weighted by atomic mass is 9.97. The van der Waals surface area contributed by atoms with E-state index in [9.17, 15) is 18.0 Å². The van der Waals surface area contributed by atoms with Gasteiger partial charge in [0.2, 0.25) is 0 Å². The number of aromatic nitrogens is 2. The minimum Gasteiger partial charge on any atom is -0.363 e. The van der Waals surface area contributed by atoms with Crippen LogP contribution >= 0.6 is 11.6 Å². The minimum atomic E-state index is -4.55. The quantitative estimate of drug-likeness (QED) is 0.571. The molecule has 0 bridgehead atoms. The van der Waals surface area contributed by atoms with Gasteiger partial charge in [-0.15, -0.1) is 0 Å². The number of amides is 1. The van der Waals surface area contributed by atoms with E-state index in [0.29, 0.717) is 21.8 Å². The van der Waals surface area contributed by atoms with E-state index in [1.165, 1.54) is 30.3 Å². The van der Waals surface area contributed by atoms with Gasteiger partial charge in [0.25, 0.3) is 5.91 Å². The van der Waals surface area contributed by atoms with Gasteiger partial charge < -0.3 is 10.6 Å². The second-order valence-corrected chi connectivity index (χ2v) is 7.48. The molecule has 1 aliphatic heterocycles. The maximum Gasteiger partial charge on any atom is 0.410 e. The topological polar surface area (TPSA) is 82.7 Å². The highest BCUT2D eigenvalue weighted by Gasteiger charge is 2.46. The first kappa shape index (κ1) is 20.8. The number of alkyl halides is 3. The normalized spacial score (nSPS) is 17.9. The number of nitrogens with one attached hydrogen (secondary N) is 2. The van der Waals surface area contributed by atoms with Gasteiger partial charge in [-0.25, -0.2) is 4.68 Å². The lowest BCUT2D eigenvalue weighted by molar-refractivity contribution is -0.173. The van der Waals surface area contributed by atoms with E-state index in [2.05, 4.69) is 15.7 Å². The van der Waals surface area contributed by atoms with Crippen LogP contribution in [0.4, 0.5) is 24.7 Å². The Morgan fingerprint density at radius 3 is 2.48 bits per heavy atom. The molecule has 2 aromatic carbocycles. The summed E-state index contributed by atoms with van der Waals surface area (Å²) in [5.41, 5.74) is 1.31. The third-order valence-electron chi connectivity index (χ3n) is 4.97. The van der Waals surface area contributed by atoms with Gasteiger partial charge in [0.05, 0.1) is 17.7 Å². The maximum absolute atomic E-state index is 13.8. The van der Waals surface area contributed by atoms with Gasteiger partial charge in [0, 0.05) is 23.2 Å². The molecule has 0 aliphatic carbocycles. The fraction of sp³-hybridized carbons (Fsp3) is 0.190. The number of rotatable bonds is 3. The van der Waals surface area contributed by atoms with Gasteiger partial charge in [-0.2, -0.15) is 23.5 Å². The van der Waals surface area contributed by atoms with Crippen LogP contribution in [0.5, 0.6) is 0 Å². The highest BCUT2D eigenvalue weighted by atomic mass is 35.5. The number of nitrogens with zero attached hydrogens (tertiary/aromatic N) is 3. The van der Waals surface area contributed by atoms with Gasteiger partial charge in [0.15, 0.2) is 11.7 Å². The molecule has 0 saturated heterocycles. The van der Waals surface area contributed by atoms with Crippen molar-refractivity contribution in [1.82, 2.24) is 9.78 Å². The summed E-state index contributed by atoms with van der Waals surface area (Å²) in [6, 6.07) is 13.4. The molecule has 1 aromatic heterocycles. The van der Waals surface area contributed by atoms with Crippen molar-refractivity contribution >= 4 is 29.0 Å². The molecule has 1 amide bonds. The molecule has 0 spiro atoms. The van der Waals surface area contributed by atoms with E-state index >= 15 is 0 Å². The summed E-state index contributed by atoms with van der Waals surface area (Å²) in [7, 11) is 0. The number of carbonyl (C=O) groups is 1. The van der Waals surface area contributed by atoms with Crippen molar-refractivity contribution in [3.63, 3.8) is 0 Å². The molecule has 6 nitrogen and oxygen atoms in total. The van der Waals surface area contributed by atoms with Crippen LogP contribution in [0.25, 0.3) is 0 Å². The molecule has 10 heteroatoms. The van der Waals surface area contributed by atoms with Crippen LogP contribution in [0.15, 0.2) is 54.6 Å². The fourth-order valence-corrected chi connectivity index (χ4v) is 3.55. The predicted molar refractivity (Wildman–Crippen MR) is 109 cm³/mol. The zero-order chi connectivity index (χ0) is 22.2. The maximum atomic E-state index is 13.8. The summed E-state index contributed by atoms with van der Waals surface area (Å²) in [6.07, 6.45) is -4.83. The van der Waals surface area contributed by atoms with E-state index in [1.54, 1.807) is 24.3 Å². The smallest absolute Gasteiger partial charge is 0.363 e. The third kappa shape index (κ3) is 4.34. The lowest BCUT2D eigenvalue weighted by Gasteiger charge is -2.33. The van der Waals surface area contributed by atoms with Crippen LogP contribution in [0, 0.1) is 11.3 Å². The molecule has 2 atom stereocenters. The Morgan fingerprint density at radius 1 is 1.19 bits per heavy atom. The monoisotopic (exact) mass is 445 g/mol. The molecular weight excluding hydrogens is 431 g/mol. The third-order valence-corrected chi connectivity index (χ3v) is 5.22. The lowest BCUT2D eigenvalue weighted by Crippen LogP contribution is -2.35. The Morgan fingerprint density at radius 2 is 1.87 bits per heavy atom. The molecule has 1 aliphatic rings.